The van der Waals surface area contributed by atoms with Crippen LogP contribution in [0.3, 0.4) is 0 Å². The summed E-state index contributed by atoms with van der Waals surface area (Å²) in [5, 5.41) is 3.27. The van der Waals surface area contributed by atoms with Gasteiger partial charge in [-0.3, -0.25) is 4.79 Å². The molecule has 1 N–H and O–H groups in total. The Kier molecular flexibility index (Phi) is 6.52. The lowest BCUT2D eigenvalue weighted by Crippen LogP contribution is -2.38. The standard InChI is InChI=1S/C15H22BrNO2/c1-10(2)7-14(15(18)19-4)17-9-12-6-5-11(3)13(16)8-12/h5-6,8,10,14,17H,7,9H2,1-4H3. The van der Waals surface area contributed by atoms with Gasteiger partial charge in [0.05, 0.1) is 7.11 Å². The summed E-state index contributed by atoms with van der Waals surface area (Å²) < 4.78 is 5.92. The summed E-state index contributed by atoms with van der Waals surface area (Å²) in [5.74, 6) is 0.251. The fourth-order valence-corrected chi connectivity index (χ4v) is 2.29. The number of carbonyl (C=O) groups excluding carboxylic acids is 1. The lowest BCUT2D eigenvalue weighted by molar-refractivity contribution is -0.143. The van der Waals surface area contributed by atoms with E-state index in [-0.39, 0.29) is 12.0 Å². The normalized spacial score (nSPS) is 12.5. The highest BCUT2D eigenvalue weighted by Gasteiger charge is 2.19. The van der Waals surface area contributed by atoms with Crippen LogP contribution in [0.15, 0.2) is 22.7 Å². The van der Waals surface area contributed by atoms with Gasteiger partial charge in [-0.2, -0.15) is 0 Å². The van der Waals surface area contributed by atoms with Crippen molar-refractivity contribution in [3.63, 3.8) is 0 Å². The molecule has 0 radical (unpaired) electrons. The molecule has 0 bridgehead atoms. The number of aryl methyl sites for hydroxylation is 1. The zero-order valence-electron chi connectivity index (χ0n) is 12.0. The number of benzene rings is 1. The van der Waals surface area contributed by atoms with Crippen LogP contribution in [0.25, 0.3) is 0 Å². The van der Waals surface area contributed by atoms with Crippen molar-refractivity contribution in [3.8, 4) is 0 Å². The van der Waals surface area contributed by atoms with E-state index in [4.69, 9.17) is 4.74 Å². The Labute approximate surface area is 123 Å². The van der Waals surface area contributed by atoms with E-state index in [2.05, 4.69) is 60.2 Å². The van der Waals surface area contributed by atoms with Crippen molar-refractivity contribution in [2.75, 3.05) is 7.11 Å². The smallest absolute Gasteiger partial charge is 0.322 e. The summed E-state index contributed by atoms with van der Waals surface area (Å²) in [6.45, 7) is 6.91. The minimum atomic E-state index is -0.245. The zero-order valence-corrected chi connectivity index (χ0v) is 13.6. The van der Waals surface area contributed by atoms with Crippen molar-refractivity contribution < 1.29 is 9.53 Å². The summed E-state index contributed by atoms with van der Waals surface area (Å²) in [6, 6.07) is 5.96. The molecule has 0 spiro atoms. The number of esters is 1. The third kappa shape index (κ3) is 5.33. The van der Waals surface area contributed by atoms with Gasteiger partial charge in [0.1, 0.15) is 6.04 Å². The van der Waals surface area contributed by atoms with E-state index in [0.29, 0.717) is 12.5 Å². The fourth-order valence-electron chi connectivity index (χ4n) is 1.86. The van der Waals surface area contributed by atoms with Gasteiger partial charge in [0.25, 0.3) is 0 Å². The molecule has 0 fully saturated rings. The molecular formula is C15H22BrNO2. The van der Waals surface area contributed by atoms with Crippen LogP contribution in [0.2, 0.25) is 0 Å². The van der Waals surface area contributed by atoms with Gasteiger partial charge in [-0.15, -0.1) is 0 Å². The second-order valence-corrected chi connectivity index (χ2v) is 6.02. The van der Waals surface area contributed by atoms with Gasteiger partial charge in [0, 0.05) is 11.0 Å². The predicted molar refractivity (Wildman–Crippen MR) is 81.0 cm³/mol. The average Bonchev–Trinajstić information content (AvgIpc) is 2.37. The quantitative estimate of drug-likeness (QED) is 0.813. The highest BCUT2D eigenvalue weighted by Crippen LogP contribution is 2.17. The highest BCUT2D eigenvalue weighted by molar-refractivity contribution is 9.10. The van der Waals surface area contributed by atoms with Crippen molar-refractivity contribution in [3.05, 3.63) is 33.8 Å². The Morgan fingerprint density at radius 2 is 2.11 bits per heavy atom. The third-order valence-electron chi connectivity index (χ3n) is 2.98. The lowest BCUT2D eigenvalue weighted by atomic mass is 10.0. The van der Waals surface area contributed by atoms with Gasteiger partial charge >= 0.3 is 5.97 Å². The van der Waals surface area contributed by atoms with Crippen molar-refractivity contribution in [1.29, 1.82) is 0 Å². The monoisotopic (exact) mass is 327 g/mol. The molecule has 4 heteroatoms. The van der Waals surface area contributed by atoms with E-state index < -0.39 is 0 Å². The van der Waals surface area contributed by atoms with Crippen molar-refractivity contribution in [2.45, 2.75) is 39.8 Å². The Bertz CT molecular complexity index is 432. The second kappa shape index (κ2) is 7.65. The molecule has 0 aliphatic heterocycles. The van der Waals surface area contributed by atoms with Gasteiger partial charge in [-0.05, 0) is 36.5 Å². The maximum Gasteiger partial charge on any atom is 0.322 e. The number of hydrogen-bond donors (Lipinski definition) is 1. The molecule has 0 aromatic heterocycles. The molecule has 0 saturated heterocycles. The Morgan fingerprint density at radius 3 is 2.63 bits per heavy atom. The van der Waals surface area contributed by atoms with E-state index in [1.807, 2.05) is 0 Å². The van der Waals surface area contributed by atoms with E-state index in [1.165, 1.54) is 12.7 Å². The number of carbonyl (C=O) groups is 1. The minimum absolute atomic E-state index is 0.195. The number of hydrogen-bond acceptors (Lipinski definition) is 3. The van der Waals surface area contributed by atoms with Gasteiger partial charge in [-0.1, -0.05) is 41.9 Å². The van der Waals surface area contributed by atoms with Crippen LogP contribution in [0, 0.1) is 12.8 Å². The Balaban J connectivity index is 2.64. The summed E-state index contributed by atoms with van der Waals surface area (Å²) in [4.78, 5) is 11.7. The van der Waals surface area contributed by atoms with Gasteiger partial charge in [0.2, 0.25) is 0 Å². The zero-order chi connectivity index (χ0) is 14.4. The molecule has 0 aliphatic carbocycles. The van der Waals surface area contributed by atoms with Crippen LogP contribution < -0.4 is 5.32 Å². The molecule has 0 amide bonds. The van der Waals surface area contributed by atoms with Crippen molar-refractivity contribution in [1.82, 2.24) is 5.32 Å². The average molecular weight is 328 g/mol. The lowest BCUT2D eigenvalue weighted by Gasteiger charge is -2.18. The number of ether oxygens (including phenoxy) is 1. The first-order valence-electron chi connectivity index (χ1n) is 6.50. The maximum absolute atomic E-state index is 11.7. The van der Waals surface area contributed by atoms with Gasteiger partial charge in [0.15, 0.2) is 0 Å². The SMILES string of the molecule is COC(=O)C(CC(C)C)NCc1ccc(C)c(Br)c1. The first kappa shape index (κ1) is 16.2. The topological polar surface area (TPSA) is 38.3 Å². The van der Waals surface area contributed by atoms with Crippen LogP contribution in [-0.4, -0.2) is 19.1 Å². The first-order chi connectivity index (χ1) is 8.93. The number of halogens is 1. The fraction of sp³-hybridized carbons (Fsp3) is 0.533. The van der Waals surface area contributed by atoms with Gasteiger partial charge < -0.3 is 10.1 Å². The molecule has 0 saturated carbocycles. The molecule has 1 atom stereocenters. The summed E-state index contributed by atoms with van der Waals surface area (Å²) >= 11 is 3.52. The van der Waals surface area contributed by atoms with Gasteiger partial charge in [-0.25, -0.2) is 0 Å². The molecular weight excluding hydrogens is 306 g/mol. The molecule has 1 rings (SSSR count). The molecule has 106 valence electrons. The van der Waals surface area contributed by atoms with E-state index >= 15 is 0 Å². The second-order valence-electron chi connectivity index (χ2n) is 5.17. The molecule has 19 heavy (non-hydrogen) atoms. The van der Waals surface area contributed by atoms with E-state index in [1.54, 1.807) is 0 Å². The molecule has 1 aromatic carbocycles. The van der Waals surface area contributed by atoms with Crippen molar-refractivity contribution in [2.24, 2.45) is 5.92 Å². The molecule has 3 nitrogen and oxygen atoms in total. The molecule has 0 heterocycles. The predicted octanol–water partition coefficient (Wildman–Crippen LogP) is 3.43. The molecule has 1 aromatic rings. The molecule has 1 unspecified atom stereocenters. The summed E-state index contributed by atoms with van der Waals surface area (Å²) in [7, 11) is 1.43. The summed E-state index contributed by atoms with van der Waals surface area (Å²) in [5.41, 5.74) is 2.35. The van der Waals surface area contributed by atoms with Crippen LogP contribution >= 0.6 is 15.9 Å². The largest absolute Gasteiger partial charge is 0.468 e. The summed E-state index contributed by atoms with van der Waals surface area (Å²) in [6.07, 6.45) is 0.777. The Morgan fingerprint density at radius 1 is 1.42 bits per heavy atom. The van der Waals surface area contributed by atoms with Crippen LogP contribution in [0.5, 0.6) is 0 Å². The number of nitrogens with one attached hydrogen (secondary N) is 1. The maximum atomic E-state index is 11.7. The van der Waals surface area contributed by atoms with Crippen LogP contribution in [-0.2, 0) is 16.1 Å². The molecule has 0 aliphatic rings. The number of rotatable bonds is 6. The first-order valence-corrected chi connectivity index (χ1v) is 7.29. The van der Waals surface area contributed by atoms with Crippen LogP contribution in [0.4, 0.5) is 0 Å². The number of methoxy groups -OCH3 is 1. The van der Waals surface area contributed by atoms with Crippen LogP contribution in [0.1, 0.15) is 31.4 Å². The minimum Gasteiger partial charge on any atom is -0.468 e. The highest BCUT2D eigenvalue weighted by atomic mass is 79.9. The third-order valence-corrected chi connectivity index (χ3v) is 3.84. The van der Waals surface area contributed by atoms with E-state index in [0.717, 1.165) is 16.5 Å². The Hall–Kier alpha value is -0.870. The van der Waals surface area contributed by atoms with Crippen molar-refractivity contribution >= 4 is 21.9 Å². The van der Waals surface area contributed by atoms with E-state index in [9.17, 15) is 4.79 Å².